The fourth-order valence-electron chi connectivity index (χ4n) is 1.30. The third-order valence-corrected chi connectivity index (χ3v) is 2.08. The van der Waals surface area contributed by atoms with Crippen LogP contribution in [-0.2, 0) is 11.3 Å². The molecule has 0 bridgehead atoms. The zero-order valence-electron chi connectivity index (χ0n) is 9.95. The summed E-state index contributed by atoms with van der Waals surface area (Å²) in [6.07, 6.45) is -3.98. The number of carbonyl (C=O) groups excluding carboxylic acids is 1. The molecule has 1 aromatic rings. The van der Waals surface area contributed by atoms with Crippen molar-refractivity contribution in [2.45, 2.75) is 19.8 Å². The van der Waals surface area contributed by atoms with E-state index in [9.17, 15) is 18.0 Å². The van der Waals surface area contributed by atoms with Crippen LogP contribution in [0.4, 0.5) is 18.9 Å². The molecule has 0 aliphatic carbocycles. The van der Waals surface area contributed by atoms with Crippen molar-refractivity contribution in [3.8, 4) is 5.88 Å². The van der Waals surface area contributed by atoms with E-state index in [0.717, 1.165) is 6.20 Å². The van der Waals surface area contributed by atoms with Crippen molar-refractivity contribution in [2.75, 3.05) is 12.3 Å². The molecule has 0 saturated heterocycles. The van der Waals surface area contributed by atoms with E-state index in [1.165, 1.54) is 6.92 Å². The van der Waals surface area contributed by atoms with Crippen LogP contribution < -0.4 is 16.2 Å². The van der Waals surface area contributed by atoms with Gasteiger partial charge in [-0.05, 0) is 6.92 Å². The third-order valence-electron chi connectivity index (χ3n) is 2.08. The first kappa shape index (κ1) is 15.0. The molecular weight excluding hydrogens is 267 g/mol. The van der Waals surface area contributed by atoms with Gasteiger partial charge >= 0.3 is 12.3 Å². The van der Waals surface area contributed by atoms with Crippen molar-refractivity contribution in [1.82, 2.24) is 4.98 Å². The van der Waals surface area contributed by atoms with Crippen molar-refractivity contribution < 1.29 is 27.4 Å². The van der Waals surface area contributed by atoms with Crippen LogP contribution in [0.3, 0.4) is 0 Å². The van der Waals surface area contributed by atoms with Crippen LogP contribution in [0.15, 0.2) is 6.20 Å². The minimum Gasteiger partial charge on any atom is -0.462 e. The zero-order valence-corrected chi connectivity index (χ0v) is 9.95. The van der Waals surface area contributed by atoms with Gasteiger partial charge in [-0.1, -0.05) is 0 Å². The van der Waals surface area contributed by atoms with Crippen LogP contribution in [0.25, 0.3) is 0 Å². The number of nitrogens with zero attached hydrogens (tertiary/aromatic N) is 1. The molecule has 1 aromatic heterocycles. The fourth-order valence-corrected chi connectivity index (χ4v) is 1.30. The molecule has 0 atom stereocenters. The van der Waals surface area contributed by atoms with Gasteiger partial charge in [-0.2, -0.15) is 0 Å². The molecule has 6 nitrogen and oxygen atoms in total. The average molecular weight is 279 g/mol. The van der Waals surface area contributed by atoms with Crippen molar-refractivity contribution in [1.29, 1.82) is 0 Å². The maximum absolute atomic E-state index is 12.2. The number of anilines is 1. The Bertz CT molecular complexity index is 477. The van der Waals surface area contributed by atoms with E-state index >= 15 is 0 Å². The molecule has 0 radical (unpaired) electrons. The van der Waals surface area contributed by atoms with Crippen LogP contribution in [0.2, 0.25) is 0 Å². The molecule has 4 N–H and O–H groups in total. The first-order chi connectivity index (χ1) is 8.80. The topological polar surface area (TPSA) is 100 Å². The molecule has 1 rings (SSSR count). The third kappa shape index (κ3) is 3.71. The molecule has 0 fully saturated rings. The Labute approximate surface area is 106 Å². The number of rotatable bonds is 4. The van der Waals surface area contributed by atoms with Gasteiger partial charge < -0.3 is 20.9 Å². The molecular formula is C10H12F3N3O3. The number of esters is 1. The summed E-state index contributed by atoms with van der Waals surface area (Å²) < 4.78 is 44.9. The lowest BCUT2D eigenvalue weighted by atomic mass is 10.1. The Morgan fingerprint density at radius 3 is 2.58 bits per heavy atom. The normalized spacial score (nSPS) is 11.2. The second-order valence-electron chi connectivity index (χ2n) is 3.35. The van der Waals surface area contributed by atoms with Crippen LogP contribution in [0.1, 0.15) is 22.8 Å². The Morgan fingerprint density at radius 1 is 1.47 bits per heavy atom. The molecule has 0 unspecified atom stereocenters. The van der Waals surface area contributed by atoms with E-state index in [4.69, 9.17) is 11.5 Å². The minimum atomic E-state index is -5.00. The number of halogens is 3. The standard InChI is InChI=1S/C10H12F3N3O3/c1-2-18-9(17)6-7(15)5(3-14)4-16-8(6)19-10(11,12)13/h4H,2-3,14H2,1H3,(H2,15,16). The lowest BCUT2D eigenvalue weighted by Gasteiger charge is -2.14. The number of hydrogen-bond donors (Lipinski definition) is 2. The largest absolute Gasteiger partial charge is 0.574 e. The summed E-state index contributed by atoms with van der Waals surface area (Å²) in [6, 6.07) is 0. The highest BCUT2D eigenvalue weighted by Crippen LogP contribution is 2.30. The Balaban J connectivity index is 3.30. The SMILES string of the molecule is CCOC(=O)c1c(OC(F)(F)F)ncc(CN)c1N. The van der Waals surface area contributed by atoms with Crippen molar-refractivity contribution >= 4 is 11.7 Å². The van der Waals surface area contributed by atoms with Crippen LogP contribution in [-0.4, -0.2) is 23.9 Å². The predicted octanol–water partition coefficient (Wildman–Crippen LogP) is 1.20. The number of alkyl halides is 3. The summed E-state index contributed by atoms with van der Waals surface area (Å²) in [5.74, 6) is -2.01. The van der Waals surface area contributed by atoms with Gasteiger partial charge in [-0.25, -0.2) is 9.78 Å². The predicted molar refractivity (Wildman–Crippen MR) is 59.2 cm³/mol. The summed E-state index contributed by atoms with van der Waals surface area (Å²) >= 11 is 0. The quantitative estimate of drug-likeness (QED) is 0.803. The molecule has 0 aliphatic heterocycles. The van der Waals surface area contributed by atoms with Crippen LogP contribution in [0.5, 0.6) is 5.88 Å². The summed E-state index contributed by atoms with van der Waals surface area (Å²) in [5, 5.41) is 0. The average Bonchev–Trinajstić information content (AvgIpc) is 2.27. The number of carbonyl (C=O) groups is 1. The number of nitrogen functional groups attached to an aromatic ring is 1. The first-order valence-electron chi connectivity index (χ1n) is 5.20. The zero-order chi connectivity index (χ0) is 14.6. The van der Waals surface area contributed by atoms with E-state index in [1.807, 2.05) is 0 Å². The van der Waals surface area contributed by atoms with E-state index in [0.29, 0.717) is 0 Å². The van der Waals surface area contributed by atoms with E-state index in [1.54, 1.807) is 0 Å². The van der Waals surface area contributed by atoms with Gasteiger partial charge in [0.2, 0.25) is 5.88 Å². The fraction of sp³-hybridized carbons (Fsp3) is 0.400. The highest BCUT2D eigenvalue weighted by Gasteiger charge is 2.35. The molecule has 0 saturated carbocycles. The molecule has 0 amide bonds. The summed E-state index contributed by atoms with van der Waals surface area (Å²) in [5.41, 5.74) is 10.3. The smallest absolute Gasteiger partial charge is 0.462 e. The minimum absolute atomic E-state index is 0.0312. The number of nitrogens with two attached hydrogens (primary N) is 2. The lowest BCUT2D eigenvalue weighted by Crippen LogP contribution is -2.22. The molecule has 0 aliphatic rings. The van der Waals surface area contributed by atoms with Gasteiger partial charge in [-0.3, -0.25) is 0 Å². The number of ether oxygens (including phenoxy) is 2. The summed E-state index contributed by atoms with van der Waals surface area (Å²) in [4.78, 5) is 15.0. The second kappa shape index (κ2) is 5.74. The van der Waals surface area contributed by atoms with Gasteiger partial charge in [0, 0.05) is 18.3 Å². The van der Waals surface area contributed by atoms with E-state index < -0.39 is 23.8 Å². The second-order valence-corrected chi connectivity index (χ2v) is 3.35. The number of pyridine rings is 1. The molecule has 9 heteroatoms. The van der Waals surface area contributed by atoms with Gasteiger partial charge in [0.05, 0.1) is 12.3 Å². The molecule has 106 valence electrons. The van der Waals surface area contributed by atoms with Gasteiger partial charge in [0.25, 0.3) is 0 Å². The number of aromatic nitrogens is 1. The molecule has 1 heterocycles. The summed E-state index contributed by atoms with van der Waals surface area (Å²) in [7, 11) is 0. The van der Waals surface area contributed by atoms with Gasteiger partial charge in [0.15, 0.2) is 0 Å². The van der Waals surface area contributed by atoms with Gasteiger partial charge in [-0.15, -0.1) is 13.2 Å². The summed E-state index contributed by atoms with van der Waals surface area (Å²) in [6.45, 7) is 1.38. The monoisotopic (exact) mass is 279 g/mol. The highest BCUT2D eigenvalue weighted by atomic mass is 19.4. The Kier molecular flexibility index (Phi) is 4.54. The maximum Gasteiger partial charge on any atom is 0.574 e. The highest BCUT2D eigenvalue weighted by molar-refractivity contribution is 5.98. The van der Waals surface area contributed by atoms with Crippen LogP contribution >= 0.6 is 0 Å². The van der Waals surface area contributed by atoms with Crippen LogP contribution in [0, 0.1) is 0 Å². The van der Waals surface area contributed by atoms with E-state index in [2.05, 4.69) is 14.5 Å². The molecule has 19 heavy (non-hydrogen) atoms. The van der Waals surface area contributed by atoms with Crippen molar-refractivity contribution in [3.63, 3.8) is 0 Å². The van der Waals surface area contributed by atoms with Crippen molar-refractivity contribution in [3.05, 3.63) is 17.3 Å². The van der Waals surface area contributed by atoms with Gasteiger partial charge in [0.1, 0.15) is 5.56 Å². The molecule has 0 aromatic carbocycles. The number of hydrogen-bond acceptors (Lipinski definition) is 6. The van der Waals surface area contributed by atoms with Crippen molar-refractivity contribution in [2.24, 2.45) is 5.73 Å². The lowest BCUT2D eigenvalue weighted by molar-refractivity contribution is -0.276. The van der Waals surface area contributed by atoms with E-state index in [-0.39, 0.29) is 24.4 Å². The maximum atomic E-state index is 12.2. The first-order valence-corrected chi connectivity index (χ1v) is 5.20. The molecule has 0 spiro atoms. The Morgan fingerprint density at radius 2 is 2.11 bits per heavy atom. The Hall–Kier alpha value is -2.03.